The number of aromatic nitrogens is 1. The summed E-state index contributed by atoms with van der Waals surface area (Å²) in [4.78, 5) is 0. The highest BCUT2D eigenvalue weighted by molar-refractivity contribution is 9.11. The van der Waals surface area contributed by atoms with Crippen LogP contribution in [0.1, 0.15) is 11.3 Å². The topological polar surface area (TPSA) is 26.0 Å². The van der Waals surface area contributed by atoms with E-state index in [1.807, 2.05) is 19.9 Å². The Morgan fingerprint density at radius 2 is 2.23 bits per heavy atom. The molecule has 2 aromatic heterocycles. The van der Waals surface area contributed by atoms with E-state index in [0.717, 1.165) is 26.4 Å². The second-order valence-corrected chi connectivity index (χ2v) is 5.15. The first-order valence-corrected chi connectivity index (χ1v) is 5.53. The summed E-state index contributed by atoms with van der Waals surface area (Å²) in [5.41, 5.74) is 3.16. The molecular weight excluding hydrogens is 250 g/mol. The molecule has 0 amide bonds. The molecule has 2 heterocycles. The van der Waals surface area contributed by atoms with E-state index in [4.69, 9.17) is 4.52 Å². The van der Waals surface area contributed by atoms with E-state index in [1.165, 1.54) is 0 Å². The average Bonchev–Trinajstić information content (AvgIpc) is 2.62. The molecular formula is C9H8BrNOS. The molecule has 13 heavy (non-hydrogen) atoms. The average molecular weight is 258 g/mol. The lowest BCUT2D eigenvalue weighted by Crippen LogP contribution is -1.75. The number of halogens is 1. The van der Waals surface area contributed by atoms with Crippen molar-refractivity contribution < 1.29 is 4.52 Å². The highest BCUT2D eigenvalue weighted by Crippen LogP contribution is 2.31. The Morgan fingerprint density at radius 3 is 2.69 bits per heavy atom. The van der Waals surface area contributed by atoms with Crippen molar-refractivity contribution in [3.05, 3.63) is 26.5 Å². The normalized spacial score (nSPS) is 10.7. The lowest BCUT2D eigenvalue weighted by atomic mass is 10.1. The minimum atomic E-state index is 0.874. The molecule has 0 saturated carbocycles. The maximum Gasteiger partial charge on any atom is 0.170 e. The molecule has 0 saturated heterocycles. The molecule has 4 heteroatoms. The Morgan fingerprint density at radius 1 is 1.46 bits per heavy atom. The van der Waals surface area contributed by atoms with Crippen molar-refractivity contribution in [2.45, 2.75) is 13.8 Å². The molecule has 0 aromatic carbocycles. The summed E-state index contributed by atoms with van der Waals surface area (Å²) in [6, 6.07) is 2.04. The van der Waals surface area contributed by atoms with Crippen LogP contribution in [0.3, 0.4) is 0 Å². The quantitative estimate of drug-likeness (QED) is 0.777. The maximum absolute atomic E-state index is 5.23. The SMILES string of the molecule is Cc1noc(-c2csc(Br)c2)c1C. The number of aryl methyl sites for hydroxylation is 1. The Labute approximate surface area is 88.7 Å². The van der Waals surface area contributed by atoms with Crippen molar-refractivity contribution in [2.75, 3.05) is 0 Å². The van der Waals surface area contributed by atoms with Crippen LogP contribution in [0.25, 0.3) is 11.3 Å². The summed E-state index contributed by atoms with van der Waals surface area (Å²) in [5, 5.41) is 5.97. The van der Waals surface area contributed by atoms with Gasteiger partial charge in [0.05, 0.1) is 9.48 Å². The highest BCUT2D eigenvalue weighted by atomic mass is 79.9. The zero-order valence-corrected chi connectivity index (χ0v) is 9.70. The second kappa shape index (κ2) is 3.27. The first kappa shape index (κ1) is 8.97. The molecule has 0 unspecified atom stereocenters. The molecule has 0 aliphatic heterocycles. The third kappa shape index (κ3) is 1.56. The van der Waals surface area contributed by atoms with Crippen LogP contribution in [-0.4, -0.2) is 5.16 Å². The lowest BCUT2D eigenvalue weighted by Gasteiger charge is -1.90. The first-order chi connectivity index (χ1) is 6.18. The van der Waals surface area contributed by atoms with Crippen LogP contribution in [0.5, 0.6) is 0 Å². The molecule has 0 spiro atoms. The summed E-state index contributed by atoms with van der Waals surface area (Å²) in [5.74, 6) is 0.874. The molecule has 2 aromatic rings. The first-order valence-electron chi connectivity index (χ1n) is 3.86. The Hall–Kier alpha value is -0.610. The van der Waals surface area contributed by atoms with Gasteiger partial charge in [0, 0.05) is 16.5 Å². The molecule has 68 valence electrons. The lowest BCUT2D eigenvalue weighted by molar-refractivity contribution is 0.427. The molecule has 0 fully saturated rings. The van der Waals surface area contributed by atoms with Gasteiger partial charge >= 0.3 is 0 Å². The van der Waals surface area contributed by atoms with Gasteiger partial charge in [-0.05, 0) is 35.8 Å². The summed E-state index contributed by atoms with van der Waals surface area (Å²) >= 11 is 5.06. The van der Waals surface area contributed by atoms with E-state index in [2.05, 4.69) is 26.5 Å². The molecule has 0 aliphatic carbocycles. The van der Waals surface area contributed by atoms with Crippen molar-refractivity contribution in [2.24, 2.45) is 0 Å². The van der Waals surface area contributed by atoms with Gasteiger partial charge < -0.3 is 4.52 Å². The predicted molar refractivity (Wildman–Crippen MR) is 57.0 cm³/mol. The summed E-state index contributed by atoms with van der Waals surface area (Å²) < 4.78 is 6.34. The number of hydrogen-bond acceptors (Lipinski definition) is 3. The summed E-state index contributed by atoms with van der Waals surface area (Å²) in [6.45, 7) is 3.97. The minimum Gasteiger partial charge on any atom is -0.356 e. The number of hydrogen-bond donors (Lipinski definition) is 0. The number of rotatable bonds is 1. The van der Waals surface area contributed by atoms with Crippen molar-refractivity contribution in [3.63, 3.8) is 0 Å². The largest absolute Gasteiger partial charge is 0.356 e. The Balaban J connectivity index is 2.52. The van der Waals surface area contributed by atoms with Gasteiger partial charge in [-0.15, -0.1) is 11.3 Å². The monoisotopic (exact) mass is 257 g/mol. The molecule has 2 nitrogen and oxygen atoms in total. The van der Waals surface area contributed by atoms with Gasteiger partial charge in [0.1, 0.15) is 0 Å². The van der Waals surface area contributed by atoms with Gasteiger partial charge in [-0.25, -0.2) is 0 Å². The van der Waals surface area contributed by atoms with Gasteiger partial charge in [0.25, 0.3) is 0 Å². The van der Waals surface area contributed by atoms with E-state index in [9.17, 15) is 0 Å². The third-order valence-electron chi connectivity index (χ3n) is 1.99. The fourth-order valence-electron chi connectivity index (χ4n) is 1.11. The standard InChI is InChI=1S/C9H8BrNOS/c1-5-6(2)11-12-9(5)7-3-8(10)13-4-7/h3-4H,1-2H3. The smallest absolute Gasteiger partial charge is 0.170 e. The maximum atomic E-state index is 5.23. The van der Waals surface area contributed by atoms with Crippen LogP contribution in [0.2, 0.25) is 0 Å². The second-order valence-electron chi connectivity index (χ2n) is 2.86. The van der Waals surface area contributed by atoms with Crippen LogP contribution >= 0.6 is 27.3 Å². The van der Waals surface area contributed by atoms with E-state index in [1.54, 1.807) is 11.3 Å². The van der Waals surface area contributed by atoms with Gasteiger partial charge in [0.15, 0.2) is 5.76 Å². The van der Waals surface area contributed by atoms with Gasteiger partial charge in [0.2, 0.25) is 0 Å². The fourth-order valence-corrected chi connectivity index (χ4v) is 2.25. The Bertz CT molecular complexity index is 433. The molecule has 0 atom stereocenters. The van der Waals surface area contributed by atoms with Gasteiger partial charge in [-0.2, -0.15) is 0 Å². The van der Waals surface area contributed by atoms with Crippen LogP contribution in [0.4, 0.5) is 0 Å². The molecule has 0 aliphatic rings. The van der Waals surface area contributed by atoms with Gasteiger partial charge in [-0.1, -0.05) is 5.16 Å². The predicted octanol–water partition coefficient (Wildman–Crippen LogP) is 3.78. The molecule has 0 radical (unpaired) electrons. The van der Waals surface area contributed by atoms with Crippen molar-refractivity contribution in [3.8, 4) is 11.3 Å². The van der Waals surface area contributed by atoms with Crippen molar-refractivity contribution >= 4 is 27.3 Å². The van der Waals surface area contributed by atoms with Crippen molar-refractivity contribution in [1.82, 2.24) is 5.16 Å². The van der Waals surface area contributed by atoms with E-state index in [0.29, 0.717) is 0 Å². The fraction of sp³-hybridized carbons (Fsp3) is 0.222. The molecule has 0 bridgehead atoms. The van der Waals surface area contributed by atoms with Crippen LogP contribution < -0.4 is 0 Å². The van der Waals surface area contributed by atoms with Gasteiger partial charge in [-0.3, -0.25) is 0 Å². The zero-order chi connectivity index (χ0) is 9.42. The zero-order valence-electron chi connectivity index (χ0n) is 7.30. The van der Waals surface area contributed by atoms with Crippen LogP contribution in [0, 0.1) is 13.8 Å². The summed E-state index contributed by atoms with van der Waals surface area (Å²) in [6.07, 6.45) is 0. The number of nitrogens with zero attached hydrogens (tertiary/aromatic N) is 1. The highest BCUT2D eigenvalue weighted by Gasteiger charge is 2.11. The van der Waals surface area contributed by atoms with Crippen LogP contribution in [-0.2, 0) is 0 Å². The van der Waals surface area contributed by atoms with E-state index in [-0.39, 0.29) is 0 Å². The minimum absolute atomic E-state index is 0.874. The van der Waals surface area contributed by atoms with Crippen molar-refractivity contribution in [1.29, 1.82) is 0 Å². The van der Waals surface area contributed by atoms with E-state index >= 15 is 0 Å². The molecule has 0 N–H and O–H groups in total. The molecule has 2 rings (SSSR count). The van der Waals surface area contributed by atoms with Crippen LogP contribution in [0.15, 0.2) is 19.8 Å². The number of thiophene rings is 1. The Kier molecular flexibility index (Phi) is 2.26. The van der Waals surface area contributed by atoms with E-state index < -0.39 is 0 Å². The third-order valence-corrected chi connectivity index (χ3v) is 3.49. The summed E-state index contributed by atoms with van der Waals surface area (Å²) in [7, 11) is 0.